The van der Waals surface area contributed by atoms with Gasteiger partial charge in [0.05, 0.1) is 6.07 Å². The highest BCUT2D eigenvalue weighted by atomic mass is 16.1. The van der Waals surface area contributed by atoms with Crippen molar-refractivity contribution in [1.29, 1.82) is 5.26 Å². The van der Waals surface area contributed by atoms with E-state index in [2.05, 4.69) is 11.4 Å². The van der Waals surface area contributed by atoms with Crippen molar-refractivity contribution >= 4 is 5.91 Å². The Hall–Kier alpha value is -1.04. The SMILES string of the molecule is CCC(CC)C(=O)NC(C#N)C1CCCCC1. The Morgan fingerprint density at radius 3 is 2.35 bits per heavy atom. The van der Waals surface area contributed by atoms with Crippen LogP contribution in [0.3, 0.4) is 0 Å². The van der Waals surface area contributed by atoms with E-state index in [0.29, 0.717) is 5.92 Å². The van der Waals surface area contributed by atoms with Gasteiger partial charge in [-0.05, 0) is 31.6 Å². The highest BCUT2D eigenvalue weighted by Crippen LogP contribution is 2.26. The van der Waals surface area contributed by atoms with Crippen LogP contribution >= 0.6 is 0 Å². The summed E-state index contributed by atoms with van der Waals surface area (Å²) in [5.74, 6) is 0.494. The van der Waals surface area contributed by atoms with Gasteiger partial charge in [-0.15, -0.1) is 0 Å². The van der Waals surface area contributed by atoms with Gasteiger partial charge in [0, 0.05) is 5.92 Å². The maximum atomic E-state index is 12.0. The molecule has 1 aliphatic rings. The summed E-state index contributed by atoms with van der Waals surface area (Å²) in [6, 6.07) is 2.00. The van der Waals surface area contributed by atoms with Crippen LogP contribution < -0.4 is 5.32 Å². The Balaban J connectivity index is 2.51. The minimum absolute atomic E-state index is 0.0622. The largest absolute Gasteiger partial charge is 0.340 e. The molecule has 1 unspecified atom stereocenters. The minimum Gasteiger partial charge on any atom is -0.340 e. The molecule has 1 amide bonds. The third kappa shape index (κ3) is 4.03. The van der Waals surface area contributed by atoms with Crippen molar-refractivity contribution in [1.82, 2.24) is 5.32 Å². The maximum Gasteiger partial charge on any atom is 0.224 e. The average Bonchev–Trinajstić information content (AvgIpc) is 2.38. The van der Waals surface area contributed by atoms with Crippen molar-refractivity contribution in [2.45, 2.75) is 64.8 Å². The Morgan fingerprint density at radius 2 is 1.88 bits per heavy atom. The van der Waals surface area contributed by atoms with E-state index < -0.39 is 0 Å². The van der Waals surface area contributed by atoms with Crippen molar-refractivity contribution in [2.24, 2.45) is 11.8 Å². The van der Waals surface area contributed by atoms with Gasteiger partial charge in [0.1, 0.15) is 6.04 Å². The zero-order valence-corrected chi connectivity index (χ0v) is 11.0. The first-order chi connectivity index (χ1) is 8.22. The molecule has 1 fully saturated rings. The number of carbonyl (C=O) groups is 1. The number of rotatable bonds is 5. The lowest BCUT2D eigenvalue weighted by Gasteiger charge is -2.27. The highest BCUT2D eigenvalue weighted by Gasteiger charge is 2.26. The van der Waals surface area contributed by atoms with Crippen molar-refractivity contribution in [3.05, 3.63) is 0 Å². The van der Waals surface area contributed by atoms with Crippen LogP contribution in [0.5, 0.6) is 0 Å². The predicted octanol–water partition coefficient (Wildman–Crippen LogP) is 3.01. The lowest BCUT2D eigenvalue weighted by atomic mass is 9.84. The van der Waals surface area contributed by atoms with Gasteiger partial charge < -0.3 is 5.32 Å². The second-order valence-electron chi connectivity index (χ2n) is 5.03. The smallest absolute Gasteiger partial charge is 0.224 e. The normalized spacial score (nSPS) is 18.7. The molecule has 0 bridgehead atoms. The lowest BCUT2D eigenvalue weighted by Crippen LogP contribution is -2.42. The highest BCUT2D eigenvalue weighted by molar-refractivity contribution is 5.79. The van der Waals surface area contributed by atoms with E-state index >= 15 is 0 Å². The van der Waals surface area contributed by atoms with Crippen LogP contribution in [-0.4, -0.2) is 11.9 Å². The van der Waals surface area contributed by atoms with E-state index in [9.17, 15) is 10.1 Å². The van der Waals surface area contributed by atoms with E-state index in [1.807, 2.05) is 13.8 Å². The summed E-state index contributed by atoms with van der Waals surface area (Å²) in [5, 5.41) is 12.1. The van der Waals surface area contributed by atoms with E-state index in [0.717, 1.165) is 25.7 Å². The van der Waals surface area contributed by atoms with E-state index in [-0.39, 0.29) is 17.9 Å². The molecule has 1 saturated carbocycles. The van der Waals surface area contributed by atoms with Crippen LogP contribution in [0.25, 0.3) is 0 Å². The van der Waals surface area contributed by atoms with Crippen LogP contribution in [0.2, 0.25) is 0 Å². The number of nitrogens with one attached hydrogen (secondary N) is 1. The number of carbonyl (C=O) groups excluding carboxylic acids is 1. The van der Waals surface area contributed by atoms with E-state index in [4.69, 9.17) is 0 Å². The molecule has 1 aliphatic carbocycles. The first-order valence-electron chi connectivity index (χ1n) is 6.92. The molecular weight excluding hydrogens is 212 g/mol. The third-order valence-electron chi connectivity index (χ3n) is 3.91. The monoisotopic (exact) mass is 236 g/mol. The third-order valence-corrected chi connectivity index (χ3v) is 3.91. The standard InChI is InChI=1S/C14H24N2O/c1-3-11(4-2)14(17)16-13(10-15)12-8-6-5-7-9-12/h11-13H,3-9H2,1-2H3,(H,16,17). The summed E-state index contributed by atoms with van der Waals surface area (Å²) < 4.78 is 0. The fourth-order valence-electron chi connectivity index (χ4n) is 2.65. The van der Waals surface area contributed by atoms with Gasteiger partial charge in [-0.3, -0.25) is 4.79 Å². The molecule has 96 valence electrons. The van der Waals surface area contributed by atoms with Crippen LogP contribution in [0.15, 0.2) is 0 Å². The number of nitriles is 1. The summed E-state index contributed by atoms with van der Waals surface area (Å²) in [7, 11) is 0. The lowest BCUT2D eigenvalue weighted by molar-refractivity contribution is -0.125. The molecule has 3 nitrogen and oxygen atoms in total. The molecule has 0 spiro atoms. The molecule has 0 aromatic carbocycles. The van der Waals surface area contributed by atoms with Gasteiger partial charge in [-0.1, -0.05) is 33.1 Å². The topological polar surface area (TPSA) is 52.9 Å². The van der Waals surface area contributed by atoms with Gasteiger partial charge in [-0.25, -0.2) is 0 Å². The number of nitrogens with zero attached hydrogens (tertiary/aromatic N) is 1. The van der Waals surface area contributed by atoms with Gasteiger partial charge in [-0.2, -0.15) is 5.26 Å². The molecule has 0 aliphatic heterocycles. The summed E-state index contributed by atoms with van der Waals surface area (Å²) in [6.45, 7) is 4.05. The first kappa shape index (κ1) is 14.0. The zero-order valence-electron chi connectivity index (χ0n) is 11.0. The minimum atomic E-state index is -0.275. The van der Waals surface area contributed by atoms with Crippen molar-refractivity contribution in [3.63, 3.8) is 0 Å². The Morgan fingerprint density at radius 1 is 1.29 bits per heavy atom. The second kappa shape index (κ2) is 7.32. The number of hydrogen-bond donors (Lipinski definition) is 1. The first-order valence-corrected chi connectivity index (χ1v) is 6.92. The summed E-state index contributed by atoms with van der Waals surface area (Å²) in [4.78, 5) is 12.0. The number of hydrogen-bond acceptors (Lipinski definition) is 2. The number of amides is 1. The summed E-state index contributed by atoms with van der Waals surface area (Å²) >= 11 is 0. The van der Waals surface area contributed by atoms with Crippen LogP contribution in [0.1, 0.15) is 58.8 Å². The molecule has 0 saturated heterocycles. The molecule has 0 heterocycles. The average molecular weight is 236 g/mol. The van der Waals surface area contributed by atoms with Crippen molar-refractivity contribution in [3.8, 4) is 6.07 Å². The van der Waals surface area contributed by atoms with Crippen molar-refractivity contribution in [2.75, 3.05) is 0 Å². The Bertz CT molecular complexity index is 272. The van der Waals surface area contributed by atoms with Crippen LogP contribution in [0.4, 0.5) is 0 Å². The van der Waals surface area contributed by atoms with Crippen LogP contribution in [0, 0.1) is 23.2 Å². The fourth-order valence-corrected chi connectivity index (χ4v) is 2.65. The fraction of sp³-hybridized carbons (Fsp3) is 0.857. The maximum absolute atomic E-state index is 12.0. The van der Waals surface area contributed by atoms with Gasteiger partial charge in [0.15, 0.2) is 0 Å². The summed E-state index contributed by atoms with van der Waals surface area (Å²) in [5.41, 5.74) is 0. The quantitative estimate of drug-likeness (QED) is 0.797. The molecule has 0 aromatic rings. The van der Waals surface area contributed by atoms with Gasteiger partial charge in [0.25, 0.3) is 0 Å². The van der Waals surface area contributed by atoms with Crippen molar-refractivity contribution < 1.29 is 4.79 Å². The molecule has 1 rings (SSSR count). The molecule has 0 aromatic heterocycles. The molecule has 3 heteroatoms. The van der Waals surface area contributed by atoms with E-state index in [1.165, 1.54) is 19.3 Å². The van der Waals surface area contributed by atoms with Gasteiger partial charge in [0.2, 0.25) is 5.91 Å². The second-order valence-corrected chi connectivity index (χ2v) is 5.03. The Labute approximate surface area is 105 Å². The molecule has 1 N–H and O–H groups in total. The Kier molecular flexibility index (Phi) is 6.04. The zero-order chi connectivity index (χ0) is 12.7. The van der Waals surface area contributed by atoms with E-state index in [1.54, 1.807) is 0 Å². The summed E-state index contributed by atoms with van der Waals surface area (Å²) in [6.07, 6.45) is 7.54. The predicted molar refractivity (Wildman–Crippen MR) is 68.2 cm³/mol. The van der Waals surface area contributed by atoms with Gasteiger partial charge >= 0.3 is 0 Å². The van der Waals surface area contributed by atoms with Crippen LogP contribution in [-0.2, 0) is 4.79 Å². The molecule has 17 heavy (non-hydrogen) atoms. The molecule has 0 radical (unpaired) electrons. The molecule has 1 atom stereocenters. The molecular formula is C14H24N2O.